The molecule has 0 bridgehead atoms. The number of piperazine rings is 1. The monoisotopic (exact) mass is 332 g/mol. The van der Waals surface area contributed by atoms with Crippen molar-refractivity contribution in [1.82, 2.24) is 10.2 Å². The lowest BCUT2D eigenvalue weighted by Crippen LogP contribution is -2.46. The van der Waals surface area contributed by atoms with Crippen LogP contribution in [-0.4, -0.2) is 42.6 Å². The molecule has 0 aliphatic carbocycles. The maximum Gasteiger partial charge on any atom is 0.258 e. The quantitative estimate of drug-likeness (QED) is 0.893. The van der Waals surface area contributed by atoms with Crippen molar-refractivity contribution >= 4 is 24.8 Å². The van der Waals surface area contributed by atoms with E-state index in [1.807, 2.05) is 0 Å². The number of nitrogens with one attached hydrogen (secondary N) is 1. The van der Waals surface area contributed by atoms with Crippen LogP contribution in [0, 0.1) is 5.82 Å². The van der Waals surface area contributed by atoms with Crippen molar-refractivity contribution in [2.75, 3.05) is 26.2 Å². The van der Waals surface area contributed by atoms with Gasteiger partial charge in [0, 0.05) is 26.2 Å². The largest absolute Gasteiger partial charge is 0.505 e. The van der Waals surface area contributed by atoms with E-state index in [9.17, 15) is 13.2 Å². The third-order valence-corrected chi connectivity index (χ3v) is 3.10. The summed E-state index contributed by atoms with van der Waals surface area (Å²) in [6.45, 7) is 2.28. The van der Waals surface area contributed by atoms with E-state index >= 15 is 0 Å². The Labute approximate surface area is 128 Å². The zero-order chi connectivity index (χ0) is 13.1. The summed E-state index contributed by atoms with van der Waals surface area (Å²) >= 11 is 0. The van der Waals surface area contributed by atoms with Crippen LogP contribution in [0.1, 0.15) is 11.6 Å². The number of phenolic OH excluding ortho intramolecular Hbond substituents is 1. The molecule has 3 nitrogen and oxygen atoms in total. The van der Waals surface area contributed by atoms with Crippen LogP contribution in [0.2, 0.25) is 0 Å². The highest BCUT2D eigenvalue weighted by Crippen LogP contribution is 2.30. The molecule has 0 radical (unpaired) electrons. The molecule has 8 heteroatoms. The SMILES string of the molecule is Cl.Cl.Oc1ccc([C@@H](C(F)F)N2CCNCC2)cc1F. The van der Waals surface area contributed by atoms with Crippen LogP contribution in [0.25, 0.3) is 0 Å². The summed E-state index contributed by atoms with van der Waals surface area (Å²) in [4.78, 5) is 1.63. The van der Waals surface area contributed by atoms with Gasteiger partial charge in [0.15, 0.2) is 11.6 Å². The molecule has 20 heavy (non-hydrogen) atoms. The van der Waals surface area contributed by atoms with E-state index in [-0.39, 0.29) is 30.4 Å². The average molecular weight is 333 g/mol. The third kappa shape index (κ3) is 4.41. The van der Waals surface area contributed by atoms with E-state index < -0.39 is 24.0 Å². The lowest BCUT2D eigenvalue weighted by molar-refractivity contribution is 0.0180. The van der Waals surface area contributed by atoms with Crippen LogP contribution in [0.4, 0.5) is 13.2 Å². The molecule has 2 N–H and O–H groups in total. The van der Waals surface area contributed by atoms with Gasteiger partial charge in [0.2, 0.25) is 0 Å². The second kappa shape index (κ2) is 8.56. The summed E-state index contributed by atoms with van der Waals surface area (Å²) in [5.74, 6) is -1.39. The zero-order valence-corrected chi connectivity index (χ0v) is 12.2. The third-order valence-electron chi connectivity index (χ3n) is 3.10. The Morgan fingerprint density at radius 2 is 1.75 bits per heavy atom. The summed E-state index contributed by atoms with van der Waals surface area (Å²) in [6.07, 6.45) is -2.59. The highest BCUT2D eigenvalue weighted by Gasteiger charge is 2.30. The van der Waals surface area contributed by atoms with E-state index in [1.54, 1.807) is 4.90 Å². The van der Waals surface area contributed by atoms with Crippen molar-refractivity contribution in [2.24, 2.45) is 0 Å². The van der Waals surface area contributed by atoms with Crippen molar-refractivity contribution < 1.29 is 18.3 Å². The molecule has 2 rings (SSSR count). The number of aromatic hydroxyl groups is 1. The summed E-state index contributed by atoms with van der Waals surface area (Å²) in [6, 6.07) is 2.32. The first kappa shape index (κ1) is 19.3. The highest BCUT2D eigenvalue weighted by molar-refractivity contribution is 5.85. The minimum Gasteiger partial charge on any atom is -0.505 e. The van der Waals surface area contributed by atoms with Gasteiger partial charge in [-0.2, -0.15) is 0 Å². The molecule has 1 atom stereocenters. The molecule has 0 saturated carbocycles. The maximum absolute atomic E-state index is 13.2. The second-order valence-corrected chi connectivity index (χ2v) is 4.28. The number of benzene rings is 1. The molecular weight excluding hydrogens is 316 g/mol. The topological polar surface area (TPSA) is 35.5 Å². The van der Waals surface area contributed by atoms with Gasteiger partial charge in [0.25, 0.3) is 6.43 Å². The normalized spacial score (nSPS) is 17.2. The van der Waals surface area contributed by atoms with E-state index in [4.69, 9.17) is 5.11 Å². The fourth-order valence-corrected chi connectivity index (χ4v) is 2.18. The van der Waals surface area contributed by atoms with Crippen molar-refractivity contribution in [2.45, 2.75) is 12.5 Å². The van der Waals surface area contributed by atoms with Gasteiger partial charge in [0.1, 0.15) is 0 Å². The molecule has 1 aromatic carbocycles. The smallest absolute Gasteiger partial charge is 0.258 e. The summed E-state index contributed by atoms with van der Waals surface area (Å²) in [5, 5.41) is 12.2. The van der Waals surface area contributed by atoms with E-state index in [1.165, 1.54) is 6.07 Å². The van der Waals surface area contributed by atoms with Gasteiger partial charge in [-0.3, -0.25) is 4.90 Å². The van der Waals surface area contributed by atoms with Crippen molar-refractivity contribution in [1.29, 1.82) is 0 Å². The van der Waals surface area contributed by atoms with Crippen LogP contribution in [-0.2, 0) is 0 Å². The van der Waals surface area contributed by atoms with Gasteiger partial charge in [-0.15, -0.1) is 24.8 Å². The van der Waals surface area contributed by atoms with Gasteiger partial charge in [0.05, 0.1) is 6.04 Å². The molecule has 1 aliphatic rings. The first-order chi connectivity index (χ1) is 8.59. The Balaban J connectivity index is 0.00000180. The molecule has 0 spiro atoms. The number of halogens is 5. The Morgan fingerprint density at radius 3 is 2.25 bits per heavy atom. The van der Waals surface area contributed by atoms with E-state index in [0.717, 1.165) is 12.1 Å². The number of alkyl halides is 2. The van der Waals surface area contributed by atoms with Crippen molar-refractivity contribution in [3.8, 4) is 5.75 Å². The minimum absolute atomic E-state index is 0. The molecular formula is C12H17Cl2F3N2O. The molecule has 1 heterocycles. The summed E-state index contributed by atoms with van der Waals surface area (Å²) < 4.78 is 39.6. The molecule has 0 unspecified atom stereocenters. The summed E-state index contributed by atoms with van der Waals surface area (Å²) in [7, 11) is 0. The van der Waals surface area contributed by atoms with Gasteiger partial charge in [-0.25, -0.2) is 13.2 Å². The van der Waals surface area contributed by atoms with Crippen molar-refractivity contribution in [3.05, 3.63) is 29.6 Å². The lowest BCUT2D eigenvalue weighted by Gasteiger charge is -2.34. The van der Waals surface area contributed by atoms with E-state index in [2.05, 4.69) is 5.32 Å². The number of hydrogen-bond donors (Lipinski definition) is 2. The number of hydrogen-bond acceptors (Lipinski definition) is 3. The van der Waals surface area contributed by atoms with Crippen LogP contribution < -0.4 is 5.32 Å². The van der Waals surface area contributed by atoms with Gasteiger partial charge < -0.3 is 10.4 Å². The predicted molar refractivity (Wildman–Crippen MR) is 75.7 cm³/mol. The molecule has 1 saturated heterocycles. The van der Waals surface area contributed by atoms with Crippen LogP contribution in [0.15, 0.2) is 18.2 Å². The number of rotatable bonds is 3. The van der Waals surface area contributed by atoms with E-state index in [0.29, 0.717) is 26.2 Å². The number of phenols is 1. The molecule has 1 aliphatic heterocycles. The first-order valence-corrected chi connectivity index (χ1v) is 5.81. The van der Waals surface area contributed by atoms with Crippen molar-refractivity contribution in [3.63, 3.8) is 0 Å². The summed E-state index contributed by atoms with van der Waals surface area (Å²) in [5.41, 5.74) is 0.196. The molecule has 0 amide bonds. The lowest BCUT2D eigenvalue weighted by atomic mass is 10.0. The zero-order valence-electron chi connectivity index (χ0n) is 10.6. The Kier molecular flexibility index (Phi) is 8.27. The average Bonchev–Trinajstić information content (AvgIpc) is 2.35. The minimum atomic E-state index is -2.59. The number of nitrogens with zero attached hydrogens (tertiary/aromatic N) is 1. The second-order valence-electron chi connectivity index (χ2n) is 4.28. The molecule has 116 valence electrons. The fraction of sp³-hybridized carbons (Fsp3) is 0.500. The standard InChI is InChI=1S/C12H15F3N2O.2ClH/c13-9-7-8(1-2-10(9)18)11(12(14)15)17-5-3-16-4-6-17;;/h1-2,7,11-12,16,18H,3-6H2;2*1H/t11-;;/m0../s1. The molecule has 1 aromatic rings. The first-order valence-electron chi connectivity index (χ1n) is 5.81. The van der Waals surface area contributed by atoms with Gasteiger partial charge in [-0.05, 0) is 17.7 Å². The van der Waals surface area contributed by atoms with Gasteiger partial charge in [-0.1, -0.05) is 6.07 Å². The Bertz CT molecular complexity index is 418. The maximum atomic E-state index is 13.2. The van der Waals surface area contributed by atoms with Crippen LogP contribution in [0.3, 0.4) is 0 Å². The fourth-order valence-electron chi connectivity index (χ4n) is 2.18. The Morgan fingerprint density at radius 1 is 1.15 bits per heavy atom. The molecule has 1 fully saturated rings. The molecule has 0 aromatic heterocycles. The van der Waals surface area contributed by atoms with Crippen LogP contribution in [0.5, 0.6) is 5.75 Å². The predicted octanol–water partition coefficient (Wildman–Crippen LogP) is 2.59. The highest BCUT2D eigenvalue weighted by atomic mass is 35.5. The Hall–Kier alpha value is -0.690. The van der Waals surface area contributed by atoms with Gasteiger partial charge >= 0.3 is 0 Å². The van der Waals surface area contributed by atoms with Crippen LogP contribution >= 0.6 is 24.8 Å².